The summed E-state index contributed by atoms with van der Waals surface area (Å²) in [7, 11) is 0. The van der Waals surface area contributed by atoms with Gasteiger partial charge >= 0.3 is 0 Å². The molecule has 16 heavy (non-hydrogen) atoms. The fourth-order valence-electron chi connectivity index (χ4n) is 2.54. The molecule has 0 unspecified atom stereocenters. The van der Waals surface area contributed by atoms with Crippen LogP contribution in [-0.4, -0.2) is 11.2 Å². The van der Waals surface area contributed by atoms with Gasteiger partial charge in [0.1, 0.15) is 0 Å². The van der Waals surface area contributed by atoms with Crippen molar-refractivity contribution in [1.29, 1.82) is 0 Å². The van der Waals surface area contributed by atoms with E-state index in [1.807, 2.05) is 20.8 Å². The van der Waals surface area contributed by atoms with Crippen LogP contribution in [0, 0.1) is 11.6 Å². The Balaban J connectivity index is 2.64. The topological polar surface area (TPSA) is 20.2 Å². The first kappa shape index (κ1) is 11.5. The third kappa shape index (κ3) is 1.63. The molecule has 0 saturated carbocycles. The first-order valence-corrected chi connectivity index (χ1v) is 5.50. The molecule has 1 N–H and O–H groups in total. The lowest BCUT2D eigenvalue weighted by molar-refractivity contribution is 0.103. The second-order valence-electron chi connectivity index (χ2n) is 5.30. The third-order valence-electron chi connectivity index (χ3n) is 3.61. The van der Waals surface area contributed by atoms with E-state index in [0.717, 1.165) is 11.1 Å². The molecule has 0 radical (unpaired) electrons. The van der Waals surface area contributed by atoms with Gasteiger partial charge in [0, 0.05) is 5.92 Å². The van der Waals surface area contributed by atoms with Crippen LogP contribution in [0.1, 0.15) is 44.2 Å². The van der Waals surface area contributed by atoms with Gasteiger partial charge in [-0.3, -0.25) is 0 Å². The molecule has 3 heteroatoms. The highest BCUT2D eigenvalue weighted by Gasteiger charge is 2.37. The maximum Gasteiger partial charge on any atom is 0.159 e. The van der Waals surface area contributed by atoms with Crippen LogP contribution >= 0.6 is 0 Å². The first-order valence-electron chi connectivity index (χ1n) is 5.50. The Morgan fingerprint density at radius 2 is 1.81 bits per heavy atom. The zero-order chi connectivity index (χ0) is 12.1. The Bertz CT molecular complexity index is 426. The predicted octanol–water partition coefficient (Wildman–Crippen LogP) is 3.11. The molecule has 0 amide bonds. The molecular weight excluding hydrogens is 210 g/mol. The molecule has 2 rings (SSSR count). The number of halogens is 2. The van der Waals surface area contributed by atoms with Gasteiger partial charge in [-0.25, -0.2) is 8.78 Å². The van der Waals surface area contributed by atoms with Gasteiger partial charge in [0.25, 0.3) is 0 Å². The molecule has 0 aromatic heterocycles. The van der Waals surface area contributed by atoms with Gasteiger partial charge in [0.05, 0.1) is 6.10 Å². The van der Waals surface area contributed by atoms with Crippen molar-refractivity contribution in [2.75, 3.05) is 0 Å². The van der Waals surface area contributed by atoms with Crippen molar-refractivity contribution in [3.8, 4) is 0 Å². The average Bonchev–Trinajstić information content (AvgIpc) is 2.17. The quantitative estimate of drug-likeness (QED) is 0.720. The van der Waals surface area contributed by atoms with Crippen LogP contribution in [0.2, 0.25) is 0 Å². The number of fused-ring (bicyclic) bond motifs is 1. The lowest BCUT2D eigenvalue weighted by Gasteiger charge is -2.39. The largest absolute Gasteiger partial charge is 0.392 e. The number of rotatable bonds is 0. The summed E-state index contributed by atoms with van der Waals surface area (Å²) in [6.45, 7) is 5.73. The van der Waals surface area contributed by atoms with Crippen LogP contribution in [-0.2, 0) is 5.41 Å². The average molecular weight is 226 g/mol. The van der Waals surface area contributed by atoms with Crippen molar-refractivity contribution in [2.24, 2.45) is 0 Å². The molecule has 1 aromatic rings. The number of aliphatic hydroxyl groups is 1. The van der Waals surface area contributed by atoms with E-state index < -0.39 is 17.7 Å². The summed E-state index contributed by atoms with van der Waals surface area (Å²) in [5, 5.41) is 9.90. The molecule has 2 atom stereocenters. The van der Waals surface area contributed by atoms with Gasteiger partial charge in [0.15, 0.2) is 11.6 Å². The second kappa shape index (κ2) is 3.52. The van der Waals surface area contributed by atoms with E-state index >= 15 is 0 Å². The van der Waals surface area contributed by atoms with Gasteiger partial charge in [-0.05, 0) is 35.1 Å². The molecule has 1 aliphatic carbocycles. The van der Waals surface area contributed by atoms with E-state index in [1.54, 1.807) is 0 Å². The SMILES string of the molecule is C[C@@H]1c2cc(F)c(F)cc2C(C)(C)C[C@H]1O. The van der Waals surface area contributed by atoms with Crippen molar-refractivity contribution < 1.29 is 13.9 Å². The van der Waals surface area contributed by atoms with Crippen LogP contribution in [0.3, 0.4) is 0 Å². The minimum Gasteiger partial charge on any atom is -0.392 e. The van der Waals surface area contributed by atoms with Gasteiger partial charge in [0.2, 0.25) is 0 Å². The van der Waals surface area contributed by atoms with Gasteiger partial charge in [-0.15, -0.1) is 0 Å². The minimum atomic E-state index is -0.837. The Morgan fingerprint density at radius 1 is 1.25 bits per heavy atom. The molecule has 0 spiro atoms. The molecule has 0 aliphatic heterocycles. The van der Waals surface area contributed by atoms with Crippen molar-refractivity contribution in [3.63, 3.8) is 0 Å². The Labute approximate surface area is 94.1 Å². The third-order valence-corrected chi connectivity index (χ3v) is 3.61. The summed E-state index contributed by atoms with van der Waals surface area (Å²) < 4.78 is 26.4. The maximum atomic E-state index is 13.2. The van der Waals surface area contributed by atoms with E-state index in [2.05, 4.69) is 0 Å². The highest BCUT2D eigenvalue weighted by molar-refractivity contribution is 5.40. The fourth-order valence-corrected chi connectivity index (χ4v) is 2.54. The highest BCUT2D eigenvalue weighted by atomic mass is 19.2. The number of benzene rings is 1. The van der Waals surface area contributed by atoms with E-state index in [1.165, 1.54) is 12.1 Å². The monoisotopic (exact) mass is 226 g/mol. The zero-order valence-corrected chi connectivity index (χ0v) is 9.72. The molecule has 0 bridgehead atoms. The number of aliphatic hydroxyl groups excluding tert-OH is 1. The zero-order valence-electron chi connectivity index (χ0n) is 9.72. The second-order valence-corrected chi connectivity index (χ2v) is 5.30. The van der Waals surface area contributed by atoms with Crippen LogP contribution in [0.5, 0.6) is 0 Å². The lowest BCUT2D eigenvalue weighted by atomic mass is 9.68. The smallest absolute Gasteiger partial charge is 0.159 e. The molecule has 0 saturated heterocycles. The van der Waals surface area contributed by atoms with E-state index in [0.29, 0.717) is 6.42 Å². The summed E-state index contributed by atoms with van der Waals surface area (Å²) in [5.74, 6) is -1.79. The normalized spacial score (nSPS) is 27.6. The van der Waals surface area contributed by atoms with Crippen molar-refractivity contribution in [2.45, 2.75) is 44.6 Å². The van der Waals surface area contributed by atoms with Crippen LogP contribution in [0.15, 0.2) is 12.1 Å². The molecular formula is C13H16F2O. The predicted molar refractivity (Wildman–Crippen MR) is 58.4 cm³/mol. The van der Waals surface area contributed by atoms with Crippen molar-refractivity contribution in [1.82, 2.24) is 0 Å². The number of hydrogen-bond donors (Lipinski definition) is 1. The van der Waals surface area contributed by atoms with Gasteiger partial charge in [-0.2, -0.15) is 0 Å². The molecule has 1 aliphatic rings. The van der Waals surface area contributed by atoms with E-state index in [4.69, 9.17) is 0 Å². The van der Waals surface area contributed by atoms with Crippen LogP contribution in [0.4, 0.5) is 8.78 Å². The fraction of sp³-hybridized carbons (Fsp3) is 0.538. The summed E-state index contributed by atoms with van der Waals surface area (Å²) in [5.41, 5.74) is 1.22. The molecule has 88 valence electrons. The summed E-state index contributed by atoms with van der Waals surface area (Å²) in [6, 6.07) is 2.49. The molecule has 0 fully saturated rings. The molecule has 1 aromatic carbocycles. The Hall–Kier alpha value is -0.960. The molecule has 1 nitrogen and oxygen atoms in total. The van der Waals surface area contributed by atoms with Crippen LogP contribution in [0.25, 0.3) is 0 Å². The standard InChI is InChI=1S/C13H16F2O/c1-7-8-4-10(14)11(15)5-9(8)13(2,3)6-12(7)16/h4-5,7,12,16H,6H2,1-3H3/t7-,12-/m1/s1. The summed E-state index contributed by atoms with van der Waals surface area (Å²) in [4.78, 5) is 0. The van der Waals surface area contributed by atoms with Gasteiger partial charge < -0.3 is 5.11 Å². The minimum absolute atomic E-state index is 0.141. The summed E-state index contributed by atoms with van der Waals surface area (Å²) in [6.07, 6.45) is 0.0824. The van der Waals surface area contributed by atoms with Crippen molar-refractivity contribution in [3.05, 3.63) is 34.9 Å². The Kier molecular flexibility index (Phi) is 2.54. The van der Waals surface area contributed by atoms with E-state index in [9.17, 15) is 13.9 Å². The van der Waals surface area contributed by atoms with Crippen LogP contribution < -0.4 is 0 Å². The van der Waals surface area contributed by atoms with Crippen molar-refractivity contribution >= 4 is 0 Å². The maximum absolute atomic E-state index is 13.2. The Morgan fingerprint density at radius 3 is 2.44 bits per heavy atom. The molecule has 0 heterocycles. The summed E-state index contributed by atoms with van der Waals surface area (Å²) >= 11 is 0. The van der Waals surface area contributed by atoms with Gasteiger partial charge in [-0.1, -0.05) is 20.8 Å². The lowest BCUT2D eigenvalue weighted by Crippen LogP contribution is -2.35. The highest BCUT2D eigenvalue weighted by Crippen LogP contribution is 2.43. The number of hydrogen-bond acceptors (Lipinski definition) is 1. The first-order chi connectivity index (χ1) is 7.33. The van der Waals surface area contributed by atoms with E-state index in [-0.39, 0.29) is 11.3 Å².